The van der Waals surface area contributed by atoms with Gasteiger partial charge in [0.25, 0.3) is 0 Å². The zero-order valence-corrected chi connectivity index (χ0v) is 9.37. The Kier molecular flexibility index (Phi) is 3.42. The van der Waals surface area contributed by atoms with E-state index in [1.807, 2.05) is 24.4 Å². The van der Waals surface area contributed by atoms with Crippen LogP contribution in [0.1, 0.15) is 24.2 Å². The molecule has 0 aliphatic heterocycles. The second kappa shape index (κ2) is 5.00. The summed E-state index contributed by atoms with van der Waals surface area (Å²) in [7, 11) is 0. The van der Waals surface area contributed by atoms with Gasteiger partial charge in [-0.25, -0.2) is 0 Å². The zero-order chi connectivity index (χ0) is 10.5. The first-order chi connectivity index (χ1) is 7.42. The molecule has 15 heavy (non-hydrogen) atoms. The molecular weight excluding hydrogens is 206 g/mol. The lowest BCUT2D eigenvalue weighted by atomic mass is 10.0. The maximum atomic E-state index is 4.28. The van der Waals surface area contributed by atoms with Crippen molar-refractivity contribution in [2.24, 2.45) is 0 Å². The third-order valence-electron chi connectivity index (χ3n) is 2.22. The van der Waals surface area contributed by atoms with Crippen molar-refractivity contribution in [2.75, 3.05) is 6.54 Å². The summed E-state index contributed by atoms with van der Waals surface area (Å²) in [4.78, 5) is 0. The molecule has 3 nitrogen and oxygen atoms in total. The van der Waals surface area contributed by atoms with E-state index in [9.17, 15) is 0 Å². The van der Waals surface area contributed by atoms with Crippen LogP contribution in [0.2, 0.25) is 0 Å². The molecule has 0 saturated carbocycles. The minimum absolute atomic E-state index is 0.162. The summed E-state index contributed by atoms with van der Waals surface area (Å²) in [5.41, 5.74) is 2.22. The Bertz CT molecular complexity index is 385. The number of aromatic nitrogens is 2. The molecule has 0 spiro atoms. The van der Waals surface area contributed by atoms with Crippen molar-refractivity contribution in [3.05, 3.63) is 47.8 Å². The quantitative estimate of drug-likeness (QED) is 0.857. The van der Waals surface area contributed by atoms with Gasteiger partial charge in [0.1, 0.15) is 0 Å². The smallest absolute Gasteiger partial charge is 0.0957 e. The first kappa shape index (κ1) is 10.3. The van der Waals surface area contributed by atoms with Gasteiger partial charge < -0.3 is 5.32 Å². The minimum Gasteiger partial charge on any atom is -0.305 e. The Balaban J connectivity index is 2.28. The fraction of sp³-hybridized carbons (Fsp3) is 0.273. The van der Waals surface area contributed by atoms with Gasteiger partial charge in [-0.3, -0.25) is 0 Å². The minimum atomic E-state index is 0.162. The van der Waals surface area contributed by atoms with Crippen LogP contribution in [0.4, 0.5) is 0 Å². The zero-order valence-electron chi connectivity index (χ0n) is 8.55. The number of hydrogen-bond acceptors (Lipinski definition) is 4. The van der Waals surface area contributed by atoms with Crippen molar-refractivity contribution in [3.8, 4) is 0 Å². The Labute approximate surface area is 93.5 Å². The van der Waals surface area contributed by atoms with E-state index in [1.165, 1.54) is 17.3 Å². The predicted molar refractivity (Wildman–Crippen MR) is 61.9 cm³/mol. The second-order valence-corrected chi connectivity index (χ2v) is 3.79. The highest BCUT2D eigenvalue weighted by atomic mass is 32.1. The van der Waals surface area contributed by atoms with Crippen LogP contribution in [0.3, 0.4) is 0 Å². The lowest BCUT2D eigenvalue weighted by Crippen LogP contribution is -2.22. The van der Waals surface area contributed by atoms with Crippen molar-refractivity contribution < 1.29 is 0 Å². The highest BCUT2D eigenvalue weighted by Crippen LogP contribution is 2.19. The van der Waals surface area contributed by atoms with Gasteiger partial charge in [0.15, 0.2) is 0 Å². The summed E-state index contributed by atoms with van der Waals surface area (Å²) in [5.74, 6) is 0. The molecule has 2 aromatic rings. The van der Waals surface area contributed by atoms with E-state index in [1.54, 1.807) is 0 Å². The van der Waals surface area contributed by atoms with Crippen LogP contribution in [0, 0.1) is 0 Å². The SMILES string of the molecule is CCNC(c1ccccc1)c1cnsn1. The fourth-order valence-corrected chi connectivity index (χ4v) is 1.99. The highest BCUT2D eigenvalue weighted by Gasteiger charge is 2.14. The van der Waals surface area contributed by atoms with Gasteiger partial charge >= 0.3 is 0 Å². The molecular formula is C11H13N3S. The number of rotatable bonds is 4. The van der Waals surface area contributed by atoms with E-state index < -0.39 is 0 Å². The van der Waals surface area contributed by atoms with Crippen LogP contribution < -0.4 is 5.32 Å². The summed E-state index contributed by atoms with van der Waals surface area (Å²) in [5, 5.41) is 3.41. The average Bonchev–Trinajstić information content (AvgIpc) is 2.80. The molecule has 1 aromatic heterocycles. The molecule has 0 radical (unpaired) electrons. The van der Waals surface area contributed by atoms with Crippen LogP contribution in [0.15, 0.2) is 36.5 Å². The molecule has 1 aromatic carbocycles. The van der Waals surface area contributed by atoms with Gasteiger partial charge in [0.05, 0.1) is 29.7 Å². The Morgan fingerprint density at radius 1 is 1.33 bits per heavy atom. The number of hydrogen-bond donors (Lipinski definition) is 1. The first-order valence-corrected chi connectivity index (χ1v) is 5.70. The third kappa shape index (κ3) is 2.40. The fourth-order valence-electron chi connectivity index (χ4n) is 1.54. The molecule has 78 valence electrons. The molecule has 0 fully saturated rings. The van der Waals surface area contributed by atoms with Crippen LogP contribution in [-0.2, 0) is 0 Å². The van der Waals surface area contributed by atoms with Crippen molar-refractivity contribution in [2.45, 2.75) is 13.0 Å². The Morgan fingerprint density at radius 3 is 2.73 bits per heavy atom. The van der Waals surface area contributed by atoms with Crippen molar-refractivity contribution in [1.29, 1.82) is 0 Å². The van der Waals surface area contributed by atoms with E-state index in [-0.39, 0.29) is 6.04 Å². The van der Waals surface area contributed by atoms with E-state index in [2.05, 4.69) is 33.1 Å². The largest absolute Gasteiger partial charge is 0.305 e. The average molecular weight is 219 g/mol. The Hall–Kier alpha value is -1.26. The van der Waals surface area contributed by atoms with Gasteiger partial charge in [0.2, 0.25) is 0 Å². The third-order valence-corrected chi connectivity index (χ3v) is 2.71. The molecule has 0 bridgehead atoms. The molecule has 0 aliphatic carbocycles. The van der Waals surface area contributed by atoms with Crippen LogP contribution >= 0.6 is 11.7 Å². The maximum absolute atomic E-state index is 4.28. The molecule has 2 rings (SSSR count). The van der Waals surface area contributed by atoms with Gasteiger partial charge in [-0.15, -0.1) is 0 Å². The maximum Gasteiger partial charge on any atom is 0.0957 e. The first-order valence-electron chi connectivity index (χ1n) is 4.97. The molecule has 1 atom stereocenters. The van der Waals surface area contributed by atoms with Crippen molar-refractivity contribution >= 4 is 11.7 Å². The van der Waals surface area contributed by atoms with E-state index in [0.717, 1.165) is 12.2 Å². The van der Waals surface area contributed by atoms with E-state index >= 15 is 0 Å². The monoisotopic (exact) mass is 219 g/mol. The summed E-state index contributed by atoms with van der Waals surface area (Å²) in [6.45, 7) is 3.01. The molecule has 1 heterocycles. The lowest BCUT2D eigenvalue weighted by molar-refractivity contribution is 0.620. The van der Waals surface area contributed by atoms with E-state index in [4.69, 9.17) is 0 Å². The topological polar surface area (TPSA) is 37.8 Å². The molecule has 0 saturated heterocycles. The summed E-state index contributed by atoms with van der Waals surface area (Å²) in [6.07, 6.45) is 1.82. The molecule has 1 N–H and O–H groups in total. The van der Waals surface area contributed by atoms with Gasteiger partial charge in [0, 0.05) is 0 Å². The number of benzene rings is 1. The normalized spacial score (nSPS) is 12.6. The summed E-state index contributed by atoms with van der Waals surface area (Å²) in [6, 6.07) is 10.5. The van der Waals surface area contributed by atoms with Gasteiger partial charge in [-0.05, 0) is 12.1 Å². The number of nitrogens with zero attached hydrogens (tertiary/aromatic N) is 2. The van der Waals surface area contributed by atoms with E-state index in [0.29, 0.717) is 0 Å². The summed E-state index contributed by atoms with van der Waals surface area (Å²) >= 11 is 1.25. The van der Waals surface area contributed by atoms with Crippen molar-refractivity contribution in [3.63, 3.8) is 0 Å². The molecule has 4 heteroatoms. The highest BCUT2D eigenvalue weighted by molar-refractivity contribution is 6.99. The predicted octanol–water partition coefficient (Wildman–Crippen LogP) is 2.24. The Morgan fingerprint density at radius 2 is 2.13 bits per heavy atom. The van der Waals surface area contributed by atoms with Crippen molar-refractivity contribution in [1.82, 2.24) is 14.1 Å². The second-order valence-electron chi connectivity index (χ2n) is 3.23. The molecule has 1 unspecified atom stereocenters. The molecule has 0 aliphatic rings. The molecule has 0 amide bonds. The standard InChI is InChI=1S/C11H13N3S/c1-2-12-11(10-8-13-15-14-10)9-6-4-3-5-7-9/h3-8,11-12H,2H2,1H3. The van der Waals surface area contributed by atoms with Crippen LogP contribution in [-0.4, -0.2) is 15.3 Å². The summed E-state index contributed by atoms with van der Waals surface area (Å²) < 4.78 is 8.32. The van der Waals surface area contributed by atoms with Crippen LogP contribution in [0.25, 0.3) is 0 Å². The van der Waals surface area contributed by atoms with Gasteiger partial charge in [-0.1, -0.05) is 37.3 Å². The number of nitrogens with one attached hydrogen (secondary N) is 1. The lowest BCUT2D eigenvalue weighted by Gasteiger charge is -2.15. The van der Waals surface area contributed by atoms with Gasteiger partial charge in [-0.2, -0.15) is 8.75 Å². The van der Waals surface area contributed by atoms with Crippen LogP contribution in [0.5, 0.6) is 0 Å².